The van der Waals surface area contributed by atoms with Crippen LogP contribution in [0.1, 0.15) is 18.3 Å². The molecule has 1 aromatic rings. The maximum atomic E-state index is 12.5. The second kappa shape index (κ2) is 6.81. The first-order valence-electron chi connectivity index (χ1n) is 5.85. The molecule has 1 aromatic heterocycles. The molecule has 0 spiro atoms. The van der Waals surface area contributed by atoms with Crippen LogP contribution in [0, 0.1) is 6.92 Å². The Morgan fingerprint density at radius 1 is 1.37 bits per heavy atom. The molecule has 0 saturated heterocycles. The minimum atomic E-state index is -4.26. The van der Waals surface area contributed by atoms with E-state index in [2.05, 4.69) is 5.10 Å². The van der Waals surface area contributed by atoms with Gasteiger partial charge in [0.2, 0.25) is 0 Å². The Balaban J connectivity index is 2.90. The van der Waals surface area contributed by atoms with Crippen molar-refractivity contribution in [3.63, 3.8) is 0 Å². The van der Waals surface area contributed by atoms with Crippen molar-refractivity contribution in [2.75, 3.05) is 19.0 Å². The Morgan fingerprint density at radius 3 is 2.47 bits per heavy atom. The van der Waals surface area contributed by atoms with Gasteiger partial charge in [-0.15, -0.1) is 11.6 Å². The van der Waals surface area contributed by atoms with Crippen LogP contribution < -0.4 is 0 Å². The smallest absolute Gasteiger partial charge is 0.288 e. The van der Waals surface area contributed by atoms with Gasteiger partial charge in [0.25, 0.3) is 0 Å². The van der Waals surface area contributed by atoms with Crippen LogP contribution in [0.2, 0.25) is 5.02 Å². The summed E-state index contributed by atoms with van der Waals surface area (Å²) in [4.78, 5) is 1.22. The average Bonchev–Trinajstić information content (AvgIpc) is 2.55. The van der Waals surface area contributed by atoms with E-state index in [4.69, 9.17) is 23.2 Å². The van der Waals surface area contributed by atoms with Crippen LogP contribution in [-0.4, -0.2) is 39.8 Å². The first kappa shape index (κ1) is 16.6. The number of hydrogen-bond acceptors (Lipinski definition) is 2. The van der Waals surface area contributed by atoms with Gasteiger partial charge in [0.05, 0.1) is 23.0 Å². The Kier molecular flexibility index (Phi) is 5.95. The lowest BCUT2D eigenvalue weighted by atomic mass is 10.3. The summed E-state index contributed by atoms with van der Waals surface area (Å²) in [7, 11) is 0. The van der Waals surface area contributed by atoms with Crippen molar-refractivity contribution in [2.24, 2.45) is 0 Å². The molecule has 0 aliphatic heterocycles. The maximum Gasteiger partial charge on any atom is 0.401 e. The number of nitrogens with zero attached hydrogens (tertiary/aromatic N) is 3. The van der Waals surface area contributed by atoms with Gasteiger partial charge in [0.1, 0.15) is 0 Å². The minimum Gasteiger partial charge on any atom is -0.288 e. The third kappa shape index (κ3) is 4.85. The fourth-order valence-corrected chi connectivity index (χ4v) is 2.25. The summed E-state index contributed by atoms with van der Waals surface area (Å²) in [6, 6.07) is 0. The summed E-state index contributed by atoms with van der Waals surface area (Å²) in [5.41, 5.74) is 1.22. The highest BCUT2D eigenvalue weighted by Gasteiger charge is 2.31. The molecule has 0 aromatic carbocycles. The molecular formula is C11H16Cl2F3N3. The van der Waals surface area contributed by atoms with E-state index in [-0.39, 0.29) is 19.0 Å². The van der Waals surface area contributed by atoms with Gasteiger partial charge in [-0.1, -0.05) is 11.6 Å². The quantitative estimate of drug-likeness (QED) is 0.749. The molecule has 0 bridgehead atoms. The third-order valence-electron chi connectivity index (χ3n) is 2.63. The lowest BCUT2D eigenvalue weighted by Crippen LogP contribution is -2.35. The summed E-state index contributed by atoms with van der Waals surface area (Å²) < 4.78 is 39.1. The monoisotopic (exact) mass is 317 g/mol. The second-order valence-electron chi connectivity index (χ2n) is 4.18. The normalized spacial score (nSPS) is 12.4. The molecule has 3 nitrogen and oxygen atoms in total. The first-order valence-corrected chi connectivity index (χ1v) is 6.76. The Bertz CT molecular complexity index is 418. The van der Waals surface area contributed by atoms with Gasteiger partial charge in [0, 0.05) is 25.5 Å². The Hall–Kier alpha value is -0.460. The van der Waals surface area contributed by atoms with Crippen molar-refractivity contribution in [2.45, 2.75) is 33.1 Å². The van der Waals surface area contributed by atoms with Crippen LogP contribution in [-0.2, 0) is 13.1 Å². The summed E-state index contributed by atoms with van der Waals surface area (Å²) in [6.45, 7) is 3.37. The summed E-state index contributed by atoms with van der Waals surface area (Å²) in [6.07, 6.45) is -4.26. The predicted octanol–water partition coefficient (Wildman–Crippen LogP) is 3.47. The van der Waals surface area contributed by atoms with Crippen molar-refractivity contribution in [1.82, 2.24) is 14.7 Å². The summed E-state index contributed by atoms with van der Waals surface area (Å²) in [5.74, 6) is 0.132. The summed E-state index contributed by atoms with van der Waals surface area (Å²) >= 11 is 11.6. The largest absolute Gasteiger partial charge is 0.401 e. The van der Waals surface area contributed by atoms with E-state index in [1.807, 2.05) is 6.92 Å². The van der Waals surface area contributed by atoms with Crippen LogP contribution in [0.15, 0.2) is 0 Å². The summed E-state index contributed by atoms with van der Waals surface area (Å²) in [5, 5.41) is 4.60. The highest BCUT2D eigenvalue weighted by atomic mass is 35.5. The molecule has 0 saturated carbocycles. The van der Waals surface area contributed by atoms with Crippen molar-refractivity contribution in [1.29, 1.82) is 0 Å². The molecule has 0 N–H and O–H groups in total. The molecule has 0 amide bonds. The second-order valence-corrected chi connectivity index (χ2v) is 4.93. The molecule has 110 valence electrons. The number of hydrogen-bond donors (Lipinski definition) is 0. The molecule has 1 rings (SSSR count). The molecular weight excluding hydrogens is 302 g/mol. The zero-order valence-corrected chi connectivity index (χ0v) is 12.3. The van der Waals surface area contributed by atoms with Crippen LogP contribution in [0.4, 0.5) is 13.2 Å². The van der Waals surface area contributed by atoms with Crippen LogP contribution >= 0.6 is 23.2 Å². The number of halogens is 5. The SMILES string of the molecule is CCn1nc(C)c(Cl)c1CN(CCCl)CC(F)(F)F. The molecule has 0 atom stereocenters. The molecule has 0 aliphatic carbocycles. The number of aromatic nitrogens is 2. The van der Waals surface area contributed by atoms with E-state index in [0.717, 1.165) is 0 Å². The standard InChI is InChI=1S/C11H16Cl2F3N3/c1-3-19-9(10(13)8(2)17-19)6-18(5-4-12)7-11(14,15)16/h3-7H2,1-2H3. The van der Waals surface area contributed by atoms with Gasteiger partial charge in [-0.2, -0.15) is 18.3 Å². The molecule has 0 aliphatic rings. The van der Waals surface area contributed by atoms with Gasteiger partial charge >= 0.3 is 6.18 Å². The van der Waals surface area contributed by atoms with Gasteiger partial charge in [-0.25, -0.2) is 0 Å². The van der Waals surface area contributed by atoms with Crippen LogP contribution in [0.3, 0.4) is 0 Å². The number of aryl methyl sites for hydroxylation is 2. The van der Waals surface area contributed by atoms with E-state index in [1.165, 1.54) is 4.90 Å². The fourth-order valence-electron chi connectivity index (χ4n) is 1.82. The lowest BCUT2D eigenvalue weighted by Gasteiger charge is -2.23. The third-order valence-corrected chi connectivity index (χ3v) is 3.29. The van der Waals surface area contributed by atoms with Gasteiger partial charge in [0.15, 0.2) is 0 Å². The lowest BCUT2D eigenvalue weighted by molar-refractivity contribution is -0.146. The molecule has 19 heavy (non-hydrogen) atoms. The van der Waals surface area contributed by atoms with Gasteiger partial charge in [-0.05, 0) is 13.8 Å². The molecule has 1 heterocycles. The predicted molar refractivity (Wildman–Crippen MR) is 69.7 cm³/mol. The van der Waals surface area contributed by atoms with E-state index in [1.54, 1.807) is 11.6 Å². The van der Waals surface area contributed by atoms with Crippen molar-refractivity contribution < 1.29 is 13.2 Å². The van der Waals surface area contributed by atoms with Crippen LogP contribution in [0.5, 0.6) is 0 Å². The highest BCUT2D eigenvalue weighted by molar-refractivity contribution is 6.31. The van der Waals surface area contributed by atoms with E-state index < -0.39 is 12.7 Å². The highest BCUT2D eigenvalue weighted by Crippen LogP contribution is 2.24. The fraction of sp³-hybridized carbons (Fsp3) is 0.727. The molecule has 0 fully saturated rings. The van der Waals surface area contributed by atoms with Gasteiger partial charge < -0.3 is 0 Å². The van der Waals surface area contributed by atoms with E-state index >= 15 is 0 Å². The Labute approximate surface area is 120 Å². The number of rotatable bonds is 6. The topological polar surface area (TPSA) is 21.1 Å². The minimum absolute atomic E-state index is 0.0831. The van der Waals surface area contributed by atoms with Crippen molar-refractivity contribution in [3.8, 4) is 0 Å². The first-order chi connectivity index (χ1) is 8.78. The van der Waals surface area contributed by atoms with E-state index in [9.17, 15) is 13.2 Å². The van der Waals surface area contributed by atoms with E-state index in [0.29, 0.717) is 23.0 Å². The van der Waals surface area contributed by atoms with Crippen LogP contribution in [0.25, 0.3) is 0 Å². The molecule has 0 unspecified atom stereocenters. The zero-order valence-electron chi connectivity index (χ0n) is 10.8. The van der Waals surface area contributed by atoms with Crippen molar-refractivity contribution in [3.05, 3.63) is 16.4 Å². The average molecular weight is 318 g/mol. The van der Waals surface area contributed by atoms with Crippen molar-refractivity contribution >= 4 is 23.2 Å². The molecule has 8 heteroatoms. The maximum absolute atomic E-state index is 12.5. The number of alkyl halides is 4. The Morgan fingerprint density at radius 2 is 2.00 bits per heavy atom. The van der Waals surface area contributed by atoms with Gasteiger partial charge in [-0.3, -0.25) is 9.58 Å². The molecule has 0 radical (unpaired) electrons. The zero-order chi connectivity index (χ0) is 14.6.